The summed E-state index contributed by atoms with van der Waals surface area (Å²) in [6.45, 7) is 1.36. The fourth-order valence-electron chi connectivity index (χ4n) is 1.62. The van der Waals surface area contributed by atoms with Gasteiger partial charge in [-0.2, -0.15) is 4.98 Å². The van der Waals surface area contributed by atoms with Gasteiger partial charge in [-0.15, -0.1) is 0 Å². The molecule has 2 aromatic rings. The third-order valence-electron chi connectivity index (χ3n) is 2.61. The zero-order chi connectivity index (χ0) is 14.4. The van der Waals surface area contributed by atoms with Gasteiger partial charge in [0, 0.05) is 25.8 Å². The molecule has 8 heteroatoms. The molecule has 2 heterocycles. The van der Waals surface area contributed by atoms with Crippen molar-refractivity contribution in [1.29, 1.82) is 0 Å². The highest BCUT2D eigenvalue weighted by molar-refractivity contribution is 5.20. The van der Waals surface area contributed by atoms with Crippen LogP contribution in [0.15, 0.2) is 41.6 Å². The minimum atomic E-state index is -0.579. The Bertz CT molecular complexity index is 641. The van der Waals surface area contributed by atoms with Crippen molar-refractivity contribution in [1.82, 2.24) is 19.9 Å². The summed E-state index contributed by atoms with van der Waals surface area (Å²) in [5.74, 6) is 0. The smallest absolute Gasteiger partial charge is 0.309 e. The van der Waals surface area contributed by atoms with Crippen LogP contribution in [0.2, 0.25) is 0 Å². The van der Waals surface area contributed by atoms with Crippen LogP contribution < -0.4 is 11.0 Å². The van der Waals surface area contributed by atoms with E-state index in [1.165, 1.54) is 10.8 Å². The average molecular weight is 275 g/mol. The number of nitrogens with one attached hydrogen (secondary N) is 1. The van der Waals surface area contributed by atoms with Crippen molar-refractivity contribution in [3.8, 4) is 0 Å². The predicted molar refractivity (Wildman–Crippen MR) is 71.1 cm³/mol. The van der Waals surface area contributed by atoms with E-state index in [1.807, 2.05) is 18.2 Å². The lowest BCUT2D eigenvalue weighted by Gasteiger charge is -2.06. The normalized spacial score (nSPS) is 10.4. The lowest BCUT2D eigenvalue weighted by Crippen LogP contribution is -2.28. The van der Waals surface area contributed by atoms with Crippen LogP contribution in [0.3, 0.4) is 0 Å². The summed E-state index contributed by atoms with van der Waals surface area (Å²) >= 11 is 0. The fraction of sp³-hybridized carbons (Fsp3) is 0.250. The molecular formula is C12H13N5O3. The predicted octanol–water partition coefficient (Wildman–Crippen LogP) is 0.336. The molecule has 0 bridgehead atoms. The molecule has 0 radical (unpaired) electrons. The number of rotatable bonds is 6. The maximum Gasteiger partial charge on any atom is 0.348 e. The zero-order valence-corrected chi connectivity index (χ0v) is 10.6. The number of nitro groups is 1. The Balaban J connectivity index is 1.89. The van der Waals surface area contributed by atoms with E-state index in [2.05, 4.69) is 15.3 Å². The van der Waals surface area contributed by atoms with Gasteiger partial charge < -0.3 is 5.32 Å². The molecule has 1 N–H and O–H groups in total. The van der Waals surface area contributed by atoms with Gasteiger partial charge in [0.05, 0.1) is 16.8 Å². The molecule has 8 nitrogen and oxygen atoms in total. The highest BCUT2D eigenvalue weighted by atomic mass is 16.6. The summed E-state index contributed by atoms with van der Waals surface area (Å²) in [7, 11) is 0. The van der Waals surface area contributed by atoms with Crippen LogP contribution in [-0.2, 0) is 13.1 Å². The first-order chi connectivity index (χ1) is 9.66. The van der Waals surface area contributed by atoms with E-state index in [4.69, 9.17) is 0 Å². The van der Waals surface area contributed by atoms with Crippen LogP contribution in [0, 0.1) is 10.1 Å². The molecular weight excluding hydrogens is 262 g/mol. The van der Waals surface area contributed by atoms with Gasteiger partial charge in [0.2, 0.25) is 0 Å². The molecule has 0 saturated carbocycles. The van der Waals surface area contributed by atoms with Crippen molar-refractivity contribution in [2.45, 2.75) is 13.1 Å². The van der Waals surface area contributed by atoms with E-state index < -0.39 is 10.6 Å². The Labute approximate surface area is 114 Å². The van der Waals surface area contributed by atoms with Crippen LogP contribution in [0.1, 0.15) is 5.69 Å². The Morgan fingerprint density at radius 1 is 1.35 bits per heavy atom. The molecule has 0 spiro atoms. The number of aromatic nitrogens is 3. The summed E-state index contributed by atoms with van der Waals surface area (Å²) in [4.78, 5) is 29.1. The van der Waals surface area contributed by atoms with Gasteiger partial charge in [-0.25, -0.2) is 4.79 Å². The van der Waals surface area contributed by atoms with Gasteiger partial charge in [0.15, 0.2) is 0 Å². The SMILES string of the molecule is O=c1ncc([N+](=O)[O-])cn1CCNCc1ccccn1. The lowest BCUT2D eigenvalue weighted by molar-refractivity contribution is -0.385. The first kappa shape index (κ1) is 13.8. The monoisotopic (exact) mass is 275 g/mol. The van der Waals surface area contributed by atoms with E-state index in [0.717, 1.165) is 11.9 Å². The van der Waals surface area contributed by atoms with Crippen LogP contribution >= 0.6 is 0 Å². The Morgan fingerprint density at radius 2 is 2.20 bits per heavy atom. The van der Waals surface area contributed by atoms with Crippen molar-refractivity contribution in [3.63, 3.8) is 0 Å². The minimum Gasteiger partial charge on any atom is -0.309 e. The summed E-state index contributed by atoms with van der Waals surface area (Å²) in [5, 5.41) is 13.7. The second-order valence-corrected chi connectivity index (χ2v) is 4.04. The van der Waals surface area contributed by atoms with Gasteiger partial charge in [-0.3, -0.25) is 19.7 Å². The van der Waals surface area contributed by atoms with Gasteiger partial charge >= 0.3 is 11.4 Å². The number of hydrogen-bond acceptors (Lipinski definition) is 6. The fourth-order valence-corrected chi connectivity index (χ4v) is 1.62. The van der Waals surface area contributed by atoms with Crippen LogP contribution in [0.25, 0.3) is 0 Å². The minimum absolute atomic E-state index is 0.200. The third kappa shape index (κ3) is 3.69. The van der Waals surface area contributed by atoms with Crippen molar-refractivity contribution >= 4 is 5.69 Å². The van der Waals surface area contributed by atoms with Crippen molar-refractivity contribution in [3.05, 3.63) is 63.1 Å². The molecule has 104 valence electrons. The second-order valence-electron chi connectivity index (χ2n) is 4.04. The second kappa shape index (κ2) is 6.53. The molecule has 2 aromatic heterocycles. The first-order valence-corrected chi connectivity index (χ1v) is 5.98. The Hall–Kier alpha value is -2.61. The number of pyridine rings is 1. The van der Waals surface area contributed by atoms with E-state index in [9.17, 15) is 14.9 Å². The molecule has 0 amide bonds. The summed E-state index contributed by atoms with van der Waals surface area (Å²) in [5.41, 5.74) is 0.182. The molecule has 0 unspecified atom stereocenters. The van der Waals surface area contributed by atoms with Crippen molar-refractivity contribution in [2.24, 2.45) is 0 Å². The largest absolute Gasteiger partial charge is 0.348 e. The summed E-state index contributed by atoms with van der Waals surface area (Å²) < 4.78 is 1.21. The van der Waals surface area contributed by atoms with Crippen LogP contribution in [-0.4, -0.2) is 26.0 Å². The molecule has 0 aliphatic heterocycles. The zero-order valence-electron chi connectivity index (χ0n) is 10.6. The van der Waals surface area contributed by atoms with Crippen molar-refractivity contribution < 1.29 is 4.92 Å². The molecule has 0 aliphatic rings. The first-order valence-electron chi connectivity index (χ1n) is 5.98. The van der Waals surface area contributed by atoms with E-state index >= 15 is 0 Å². The van der Waals surface area contributed by atoms with Gasteiger partial charge in [-0.05, 0) is 12.1 Å². The molecule has 0 aliphatic carbocycles. The van der Waals surface area contributed by atoms with Crippen molar-refractivity contribution in [2.75, 3.05) is 6.54 Å². The quantitative estimate of drug-likeness (QED) is 0.463. The van der Waals surface area contributed by atoms with Gasteiger partial charge in [0.25, 0.3) is 0 Å². The lowest BCUT2D eigenvalue weighted by atomic mass is 10.3. The molecule has 0 fully saturated rings. The van der Waals surface area contributed by atoms with E-state index in [-0.39, 0.29) is 5.69 Å². The molecule has 0 atom stereocenters. The van der Waals surface area contributed by atoms with Crippen LogP contribution in [0.4, 0.5) is 5.69 Å². The van der Waals surface area contributed by atoms with Gasteiger partial charge in [-0.1, -0.05) is 6.07 Å². The number of nitrogens with zero attached hydrogens (tertiary/aromatic N) is 4. The van der Waals surface area contributed by atoms with E-state index in [0.29, 0.717) is 19.6 Å². The van der Waals surface area contributed by atoms with E-state index in [1.54, 1.807) is 6.20 Å². The maximum atomic E-state index is 11.4. The highest BCUT2D eigenvalue weighted by Gasteiger charge is 2.08. The van der Waals surface area contributed by atoms with Crippen LogP contribution in [0.5, 0.6) is 0 Å². The topological polar surface area (TPSA) is 103 Å². The summed E-state index contributed by atoms with van der Waals surface area (Å²) in [6, 6.07) is 5.60. The summed E-state index contributed by atoms with van der Waals surface area (Å²) in [6.07, 6.45) is 3.85. The highest BCUT2D eigenvalue weighted by Crippen LogP contribution is 2.04. The average Bonchev–Trinajstić information content (AvgIpc) is 2.46. The molecule has 2 rings (SSSR count). The number of hydrogen-bond donors (Lipinski definition) is 1. The third-order valence-corrected chi connectivity index (χ3v) is 2.61. The van der Waals surface area contributed by atoms with Gasteiger partial charge in [0.1, 0.15) is 6.20 Å². The standard InChI is InChI=1S/C12H13N5O3/c18-12-15-8-11(17(19)20)9-16(12)6-5-13-7-10-3-1-2-4-14-10/h1-4,8-9,13H,5-7H2. The molecule has 0 saturated heterocycles. The maximum absolute atomic E-state index is 11.4. The Kier molecular flexibility index (Phi) is 4.51. The molecule has 20 heavy (non-hydrogen) atoms. The Morgan fingerprint density at radius 3 is 2.90 bits per heavy atom. The molecule has 0 aromatic carbocycles.